The number of rotatable bonds is 3. The highest BCUT2D eigenvalue weighted by atomic mass is 35.5. The molecule has 1 heterocycles. The number of halogens is 4. The van der Waals surface area contributed by atoms with Crippen LogP contribution in [0.1, 0.15) is 17.4 Å². The van der Waals surface area contributed by atoms with Crippen molar-refractivity contribution in [1.82, 2.24) is 5.32 Å². The molecule has 0 bridgehead atoms. The predicted molar refractivity (Wildman–Crippen MR) is 60.9 cm³/mol. The quantitative estimate of drug-likeness (QED) is 0.925. The van der Waals surface area contributed by atoms with Crippen molar-refractivity contribution in [1.29, 1.82) is 0 Å². The smallest absolute Gasteiger partial charge is 0.193 e. The molecule has 0 aliphatic rings. The fraction of sp³-hybridized carbons (Fsp3) is 0.167. The molecular weight excluding hydrogens is 267 g/mol. The Bertz CT molecular complexity index is 547. The molecule has 2 aromatic rings. The van der Waals surface area contributed by atoms with Gasteiger partial charge in [-0.1, -0.05) is 0 Å². The van der Waals surface area contributed by atoms with E-state index in [1.807, 2.05) is 0 Å². The third-order valence-electron chi connectivity index (χ3n) is 2.50. The molecule has 96 valence electrons. The Balaban J connectivity index is 2.51. The van der Waals surface area contributed by atoms with Crippen LogP contribution in [-0.2, 0) is 0 Å². The predicted octanol–water partition coefficient (Wildman–Crippen LogP) is 3.66. The Morgan fingerprint density at radius 1 is 1.17 bits per heavy atom. The summed E-state index contributed by atoms with van der Waals surface area (Å²) in [4.78, 5) is 0. The van der Waals surface area contributed by atoms with E-state index in [-0.39, 0.29) is 16.5 Å². The van der Waals surface area contributed by atoms with Crippen LogP contribution in [0.2, 0.25) is 5.22 Å². The minimum absolute atomic E-state index is 0.105. The second-order valence-corrected chi connectivity index (χ2v) is 4.02. The van der Waals surface area contributed by atoms with Crippen molar-refractivity contribution in [2.75, 3.05) is 7.05 Å². The lowest BCUT2D eigenvalue weighted by Crippen LogP contribution is -2.20. The first-order valence-corrected chi connectivity index (χ1v) is 5.47. The van der Waals surface area contributed by atoms with Gasteiger partial charge in [0.05, 0.1) is 6.04 Å². The van der Waals surface area contributed by atoms with Crippen molar-refractivity contribution in [3.8, 4) is 0 Å². The van der Waals surface area contributed by atoms with Crippen LogP contribution in [0, 0.1) is 17.5 Å². The van der Waals surface area contributed by atoms with E-state index in [4.69, 9.17) is 16.0 Å². The summed E-state index contributed by atoms with van der Waals surface area (Å²) in [6.45, 7) is 0. The number of hydrogen-bond donors (Lipinski definition) is 1. The minimum Gasteiger partial charge on any atom is -0.448 e. The van der Waals surface area contributed by atoms with Crippen LogP contribution in [0.25, 0.3) is 0 Å². The van der Waals surface area contributed by atoms with Crippen molar-refractivity contribution in [2.24, 2.45) is 0 Å². The summed E-state index contributed by atoms with van der Waals surface area (Å²) < 4.78 is 45.2. The van der Waals surface area contributed by atoms with E-state index in [9.17, 15) is 13.2 Å². The third-order valence-corrected chi connectivity index (χ3v) is 2.70. The molecule has 0 fully saturated rings. The summed E-state index contributed by atoms with van der Waals surface area (Å²) in [6, 6.07) is 3.31. The largest absolute Gasteiger partial charge is 0.448 e. The number of benzene rings is 1. The monoisotopic (exact) mass is 275 g/mol. The van der Waals surface area contributed by atoms with Crippen molar-refractivity contribution in [3.05, 3.63) is 58.3 Å². The molecule has 1 unspecified atom stereocenters. The summed E-state index contributed by atoms with van der Waals surface area (Å²) in [5.41, 5.74) is -0.315. The summed E-state index contributed by atoms with van der Waals surface area (Å²) in [7, 11) is 1.50. The van der Waals surface area contributed by atoms with E-state index in [0.717, 1.165) is 0 Å². The topological polar surface area (TPSA) is 25.2 Å². The molecule has 6 heteroatoms. The molecule has 1 aromatic heterocycles. The second-order valence-electron chi connectivity index (χ2n) is 3.65. The lowest BCUT2D eigenvalue weighted by atomic mass is 10.0. The van der Waals surface area contributed by atoms with Crippen LogP contribution in [-0.4, -0.2) is 7.05 Å². The third kappa shape index (κ3) is 2.37. The highest BCUT2D eigenvalue weighted by Crippen LogP contribution is 2.29. The van der Waals surface area contributed by atoms with Gasteiger partial charge in [0.1, 0.15) is 23.2 Å². The standard InChI is InChI=1S/C12H9ClF3NO/c1-17-12(9-2-3-10(13)18-9)11-7(15)4-6(14)5-8(11)16/h2-5,12,17H,1H3. The summed E-state index contributed by atoms with van der Waals surface area (Å²) >= 11 is 5.61. The van der Waals surface area contributed by atoms with Crippen molar-refractivity contribution in [3.63, 3.8) is 0 Å². The van der Waals surface area contributed by atoms with Crippen LogP contribution in [0.3, 0.4) is 0 Å². The summed E-state index contributed by atoms with van der Waals surface area (Å²) in [5, 5.41) is 2.80. The van der Waals surface area contributed by atoms with Gasteiger partial charge in [0.25, 0.3) is 0 Å². The molecule has 0 spiro atoms. The molecule has 2 nitrogen and oxygen atoms in total. The van der Waals surface area contributed by atoms with Gasteiger partial charge < -0.3 is 9.73 Å². The van der Waals surface area contributed by atoms with Gasteiger partial charge in [-0.15, -0.1) is 0 Å². The first-order chi connectivity index (χ1) is 8.52. The fourth-order valence-corrected chi connectivity index (χ4v) is 1.89. The first-order valence-electron chi connectivity index (χ1n) is 5.10. The highest BCUT2D eigenvalue weighted by molar-refractivity contribution is 6.28. The average molecular weight is 276 g/mol. The molecule has 18 heavy (non-hydrogen) atoms. The maximum Gasteiger partial charge on any atom is 0.193 e. The molecule has 0 aliphatic carbocycles. The van der Waals surface area contributed by atoms with Gasteiger partial charge in [-0.05, 0) is 30.8 Å². The van der Waals surface area contributed by atoms with Gasteiger partial charge in [0.15, 0.2) is 5.22 Å². The molecule has 1 N–H and O–H groups in total. The molecular formula is C12H9ClF3NO. The lowest BCUT2D eigenvalue weighted by molar-refractivity contribution is 0.435. The number of hydrogen-bond acceptors (Lipinski definition) is 2. The number of nitrogens with one attached hydrogen (secondary N) is 1. The molecule has 2 rings (SSSR count). The van der Waals surface area contributed by atoms with Gasteiger partial charge in [-0.3, -0.25) is 0 Å². The van der Waals surface area contributed by atoms with Crippen LogP contribution in [0.15, 0.2) is 28.7 Å². The molecule has 0 saturated carbocycles. The van der Waals surface area contributed by atoms with Gasteiger partial charge in [0.2, 0.25) is 0 Å². The highest BCUT2D eigenvalue weighted by Gasteiger charge is 2.24. The fourth-order valence-electron chi connectivity index (χ4n) is 1.74. The van der Waals surface area contributed by atoms with E-state index >= 15 is 0 Å². The molecule has 0 aliphatic heterocycles. The van der Waals surface area contributed by atoms with Gasteiger partial charge in [-0.25, -0.2) is 13.2 Å². The van der Waals surface area contributed by atoms with Crippen molar-refractivity contribution >= 4 is 11.6 Å². The molecule has 0 saturated heterocycles. The van der Waals surface area contributed by atoms with E-state index in [1.165, 1.54) is 19.2 Å². The van der Waals surface area contributed by atoms with Crippen LogP contribution >= 0.6 is 11.6 Å². The Morgan fingerprint density at radius 3 is 2.22 bits per heavy atom. The van der Waals surface area contributed by atoms with Gasteiger partial charge >= 0.3 is 0 Å². The van der Waals surface area contributed by atoms with Crippen LogP contribution in [0.5, 0.6) is 0 Å². The first kappa shape index (κ1) is 13.0. The van der Waals surface area contributed by atoms with Crippen molar-refractivity contribution in [2.45, 2.75) is 6.04 Å². The summed E-state index contributed by atoms with van der Waals surface area (Å²) in [5.74, 6) is -2.70. The lowest BCUT2D eigenvalue weighted by Gasteiger charge is -2.15. The molecule has 1 aromatic carbocycles. The Labute approximate surface area is 106 Å². The maximum atomic E-state index is 13.6. The van der Waals surface area contributed by atoms with Gasteiger partial charge in [-0.2, -0.15) is 0 Å². The zero-order valence-corrected chi connectivity index (χ0v) is 10.1. The van der Waals surface area contributed by atoms with Crippen LogP contribution in [0.4, 0.5) is 13.2 Å². The number of furan rings is 1. The zero-order chi connectivity index (χ0) is 13.3. The van der Waals surface area contributed by atoms with E-state index in [1.54, 1.807) is 0 Å². The molecule has 1 atom stereocenters. The second kappa shape index (κ2) is 5.04. The maximum absolute atomic E-state index is 13.6. The van der Waals surface area contributed by atoms with E-state index in [0.29, 0.717) is 12.1 Å². The Hall–Kier alpha value is -1.46. The SMILES string of the molecule is CNC(c1ccc(Cl)o1)c1c(F)cc(F)cc1F. The Kier molecular flexibility index (Phi) is 3.63. The molecule has 0 amide bonds. The van der Waals surface area contributed by atoms with Gasteiger partial charge in [0, 0.05) is 17.7 Å². The average Bonchev–Trinajstić information content (AvgIpc) is 2.69. The van der Waals surface area contributed by atoms with E-state index < -0.39 is 23.5 Å². The van der Waals surface area contributed by atoms with E-state index in [2.05, 4.69) is 5.32 Å². The Morgan fingerprint density at radius 2 is 1.78 bits per heavy atom. The van der Waals surface area contributed by atoms with Crippen molar-refractivity contribution < 1.29 is 17.6 Å². The van der Waals surface area contributed by atoms with Crippen LogP contribution < -0.4 is 5.32 Å². The summed E-state index contributed by atoms with van der Waals surface area (Å²) in [6.07, 6.45) is 0. The molecule has 0 radical (unpaired) electrons. The zero-order valence-electron chi connectivity index (χ0n) is 9.31. The minimum atomic E-state index is -0.987. The normalized spacial score (nSPS) is 12.7.